The molecule has 1 aliphatic rings. The lowest BCUT2D eigenvalue weighted by Gasteiger charge is -2.36. The molecule has 0 aliphatic carbocycles. The lowest BCUT2D eigenvalue weighted by Crippen LogP contribution is -2.49. The minimum atomic E-state index is -1.29. The standard InChI is InChI=1S/C23H30FN3O2/c1-17-7-8-20(15-18(17)2)22(28)27-12-9-23(24,10-13-27)16-25-11-14-29-21-6-4-5-19(3)26-21/h4-8,15,25H,9-14,16H2,1-3H3. The van der Waals surface area contributed by atoms with Gasteiger partial charge in [0.05, 0.1) is 0 Å². The molecule has 1 aromatic heterocycles. The second-order valence-corrected chi connectivity index (χ2v) is 7.88. The fraction of sp³-hybridized carbons (Fsp3) is 0.478. The molecule has 1 fully saturated rings. The van der Waals surface area contributed by atoms with Crippen LogP contribution >= 0.6 is 0 Å². The van der Waals surface area contributed by atoms with Gasteiger partial charge in [-0.15, -0.1) is 0 Å². The number of hydrogen-bond donors (Lipinski definition) is 1. The number of alkyl halides is 1. The molecule has 2 aromatic rings. The number of pyridine rings is 1. The minimum Gasteiger partial charge on any atom is -0.476 e. The molecule has 0 radical (unpaired) electrons. The average Bonchev–Trinajstić information content (AvgIpc) is 2.70. The molecular formula is C23H30FN3O2. The first-order chi connectivity index (χ1) is 13.9. The lowest BCUT2D eigenvalue weighted by atomic mass is 9.92. The summed E-state index contributed by atoms with van der Waals surface area (Å²) < 4.78 is 20.7. The van der Waals surface area contributed by atoms with Crippen LogP contribution in [0.4, 0.5) is 4.39 Å². The van der Waals surface area contributed by atoms with E-state index >= 15 is 4.39 Å². The summed E-state index contributed by atoms with van der Waals surface area (Å²) in [5, 5.41) is 3.14. The molecule has 0 spiro atoms. The number of likely N-dealkylation sites (tertiary alicyclic amines) is 1. The number of carbonyl (C=O) groups excluding carboxylic acids is 1. The Morgan fingerprint density at radius 1 is 1.17 bits per heavy atom. The van der Waals surface area contributed by atoms with Crippen molar-refractivity contribution in [1.29, 1.82) is 0 Å². The van der Waals surface area contributed by atoms with E-state index in [1.54, 1.807) is 4.90 Å². The molecule has 1 N–H and O–H groups in total. The maximum Gasteiger partial charge on any atom is 0.253 e. The Balaban J connectivity index is 1.40. The van der Waals surface area contributed by atoms with Gasteiger partial charge in [-0.25, -0.2) is 9.37 Å². The minimum absolute atomic E-state index is 0.0119. The number of ether oxygens (including phenoxy) is 1. The summed E-state index contributed by atoms with van der Waals surface area (Å²) >= 11 is 0. The number of hydrogen-bond acceptors (Lipinski definition) is 4. The van der Waals surface area contributed by atoms with E-state index in [0.717, 1.165) is 16.8 Å². The van der Waals surface area contributed by atoms with Gasteiger partial charge in [0, 0.05) is 56.3 Å². The first kappa shape index (κ1) is 21.2. The normalized spacial score (nSPS) is 15.9. The fourth-order valence-corrected chi connectivity index (χ4v) is 3.48. The number of nitrogens with one attached hydrogen (secondary N) is 1. The predicted octanol–water partition coefficient (Wildman–Crippen LogP) is 3.62. The number of rotatable bonds is 7. The van der Waals surface area contributed by atoms with Gasteiger partial charge in [0.15, 0.2) is 0 Å². The average molecular weight is 400 g/mol. The second kappa shape index (κ2) is 9.35. The van der Waals surface area contributed by atoms with Gasteiger partial charge in [-0.2, -0.15) is 0 Å². The number of aromatic nitrogens is 1. The van der Waals surface area contributed by atoms with Crippen molar-refractivity contribution in [1.82, 2.24) is 15.2 Å². The van der Waals surface area contributed by atoms with Crippen LogP contribution in [0.2, 0.25) is 0 Å². The Morgan fingerprint density at radius 3 is 2.62 bits per heavy atom. The van der Waals surface area contributed by atoms with E-state index in [1.165, 1.54) is 0 Å². The quantitative estimate of drug-likeness (QED) is 0.723. The molecule has 0 bridgehead atoms. The number of aryl methyl sites for hydroxylation is 3. The third kappa shape index (κ3) is 5.76. The van der Waals surface area contributed by atoms with Gasteiger partial charge >= 0.3 is 0 Å². The third-order valence-electron chi connectivity index (χ3n) is 5.53. The Bertz CT molecular complexity index is 848. The van der Waals surface area contributed by atoms with Gasteiger partial charge in [0.2, 0.25) is 5.88 Å². The van der Waals surface area contributed by atoms with Crippen molar-refractivity contribution in [2.75, 3.05) is 32.8 Å². The van der Waals surface area contributed by atoms with Crippen molar-refractivity contribution in [2.24, 2.45) is 0 Å². The summed E-state index contributed by atoms with van der Waals surface area (Å²) in [5.41, 5.74) is 2.55. The molecule has 3 rings (SSSR count). The predicted molar refractivity (Wildman–Crippen MR) is 112 cm³/mol. The summed E-state index contributed by atoms with van der Waals surface area (Å²) in [6.07, 6.45) is 0.688. The van der Waals surface area contributed by atoms with Gasteiger partial charge in [0.25, 0.3) is 5.91 Å². The fourth-order valence-electron chi connectivity index (χ4n) is 3.48. The molecule has 0 atom stereocenters. The first-order valence-corrected chi connectivity index (χ1v) is 10.2. The monoisotopic (exact) mass is 399 g/mol. The number of nitrogens with zero attached hydrogens (tertiary/aromatic N) is 2. The third-order valence-corrected chi connectivity index (χ3v) is 5.53. The van der Waals surface area contributed by atoms with E-state index in [1.807, 2.05) is 57.2 Å². The molecule has 156 valence electrons. The highest BCUT2D eigenvalue weighted by atomic mass is 19.1. The summed E-state index contributed by atoms with van der Waals surface area (Å²) in [6.45, 7) is 8.06. The molecule has 1 aromatic carbocycles. The maximum absolute atomic E-state index is 15.1. The van der Waals surface area contributed by atoms with Crippen LogP contribution in [0.5, 0.6) is 5.88 Å². The SMILES string of the molecule is Cc1cccc(OCCNCC2(F)CCN(C(=O)c3ccc(C)c(C)c3)CC2)n1. The summed E-state index contributed by atoms with van der Waals surface area (Å²) in [7, 11) is 0. The van der Waals surface area contributed by atoms with Gasteiger partial charge < -0.3 is 15.0 Å². The molecular weight excluding hydrogens is 369 g/mol. The van der Waals surface area contributed by atoms with E-state index in [4.69, 9.17) is 4.74 Å². The van der Waals surface area contributed by atoms with Crippen LogP contribution in [-0.2, 0) is 0 Å². The Morgan fingerprint density at radius 2 is 1.93 bits per heavy atom. The Kier molecular flexibility index (Phi) is 6.85. The Labute approximate surface area is 172 Å². The zero-order valence-corrected chi connectivity index (χ0v) is 17.5. The van der Waals surface area contributed by atoms with Crippen molar-refractivity contribution >= 4 is 5.91 Å². The highest BCUT2D eigenvalue weighted by Crippen LogP contribution is 2.27. The largest absolute Gasteiger partial charge is 0.476 e. The highest BCUT2D eigenvalue weighted by molar-refractivity contribution is 5.94. The smallest absolute Gasteiger partial charge is 0.253 e. The van der Waals surface area contributed by atoms with E-state index in [2.05, 4.69) is 10.3 Å². The number of amides is 1. The van der Waals surface area contributed by atoms with Crippen molar-refractivity contribution in [2.45, 2.75) is 39.3 Å². The van der Waals surface area contributed by atoms with Crippen molar-refractivity contribution in [3.8, 4) is 5.88 Å². The molecule has 6 heteroatoms. The van der Waals surface area contributed by atoms with Crippen LogP contribution in [0, 0.1) is 20.8 Å². The van der Waals surface area contributed by atoms with E-state index < -0.39 is 5.67 Å². The molecule has 5 nitrogen and oxygen atoms in total. The second-order valence-electron chi connectivity index (χ2n) is 7.88. The molecule has 1 amide bonds. The number of halogens is 1. The molecule has 2 heterocycles. The van der Waals surface area contributed by atoms with Crippen LogP contribution < -0.4 is 10.1 Å². The molecule has 1 aliphatic heterocycles. The maximum atomic E-state index is 15.1. The van der Waals surface area contributed by atoms with Crippen LogP contribution in [0.25, 0.3) is 0 Å². The van der Waals surface area contributed by atoms with Gasteiger partial charge in [-0.3, -0.25) is 4.79 Å². The zero-order valence-electron chi connectivity index (χ0n) is 17.5. The highest BCUT2D eigenvalue weighted by Gasteiger charge is 2.35. The van der Waals surface area contributed by atoms with Crippen LogP contribution in [0.15, 0.2) is 36.4 Å². The van der Waals surface area contributed by atoms with Crippen LogP contribution in [0.3, 0.4) is 0 Å². The van der Waals surface area contributed by atoms with Crippen LogP contribution in [-0.4, -0.2) is 54.2 Å². The van der Waals surface area contributed by atoms with Crippen LogP contribution in [0.1, 0.15) is 40.0 Å². The van der Waals surface area contributed by atoms with E-state index in [0.29, 0.717) is 50.5 Å². The molecule has 0 unspecified atom stereocenters. The molecule has 29 heavy (non-hydrogen) atoms. The Hall–Kier alpha value is -2.47. The topological polar surface area (TPSA) is 54.5 Å². The van der Waals surface area contributed by atoms with Gasteiger partial charge in [-0.05, 0) is 50.1 Å². The number of benzene rings is 1. The number of piperidine rings is 1. The lowest BCUT2D eigenvalue weighted by molar-refractivity contribution is 0.0433. The molecule has 1 saturated heterocycles. The van der Waals surface area contributed by atoms with Gasteiger partial charge in [-0.1, -0.05) is 12.1 Å². The first-order valence-electron chi connectivity index (χ1n) is 10.2. The van der Waals surface area contributed by atoms with Crippen molar-refractivity contribution < 1.29 is 13.9 Å². The number of carbonyl (C=O) groups is 1. The van der Waals surface area contributed by atoms with E-state index in [9.17, 15) is 4.79 Å². The van der Waals surface area contributed by atoms with E-state index in [-0.39, 0.29) is 12.5 Å². The zero-order chi connectivity index (χ0) is 20.9. The van der Waals surface area contributed by atoms with Gasteiger partial charge in [0.1, 0.15) is 12.3 Å². The van der Waals surface area contributed by atoms with Crippen molar-refractivity contribution in [3.63, 3.8) is 0 Å². The summed E-state index contributed by atoms with van der Waals surface area (Å²) in [6, 6.07) is 11.4. The molecule has 0 saturated carbocycles. The summed E-state index contributed by atoms with van der Waals surface area (Å²) in [5.74, 6) is 0.571. The van der Waals surface area contributed by atoms with Crippen molar-refractivity contribution in [3.05, 3.63) is 58.8 Å². The summed E-state index contributed by atoms with van der Waals surface area (Å²) in [4.78, 5) is 18.7.